The molecule has 0 N–H and O–H groups in total. The Balaban J connectivity index is -0.000000113. The Morgan fingerprint density at radius 2 is 0.625 bits per heavy atom. The van der Waals surface area contributed by atoms with Crippen molar-refractivity contribution >= 4 is 23.1 Å². The first-order valence-corrected chi connectivity index (χ1v) is 7.92. The SMILES string of the molecule is CN=C(C)C.CN=C(C)C.CN=C(C)N(C)C.CN=C(C)N(C)C. The summed E-state index contributed by atoms with van der Waals surface area (Å²) in [7, 11) is 15.0. The van der Waals surface area contributed by atoms with Crippen LogP contribution in [0.4, 0.5) is 0 Å². The summed E-state index contributed by atoms with van der Waals surface area (Å²) in [6.45, 7) is 11.8. The Bertz CT molecular complexity index is 344. The van der Waals surface area contributed by atoms with Gasteiger partial charge in [0.25, 0.3) is 0 Å². The summed E-state index contributed by atoms with van der Waals surface area (Å²) in [5, 5.41) is 0. The van der Waals surface area contributed by atoms with Crippen molar-refractivity contribution in [2.45, 2.75) is 41.5 Å². The molecule has 0 rings (SSSR count). The maximum atomic E-state index is 3.93. The summed E-state index contributed by atoms with van der Waals surface area (Å²) < 4.78 is 0. The fraction of sp³-hybridized carbons (Fsp3) is 0.778. The lowest BCUT2D eigenvalue weighted by molar-refractivity contribution is 0.617. The Morgan fingerprint density at radius 1 is 0.458 bits per heavy atom. The van der Waals surface area contributed by atoms with Gasteiger partial charge in [-0.3, -0.25) is 20.0 Å². The molecule has 0 saturated heterocycles. The van der Waals surface area contributed by atoms with Crippen LogP contribution in [0.1, 0.15) is 41.5 Å². The van der Waals surface area contributed by atoms with Crippen LogP contribution in [0, 0.1) is 0 Å². The molecule has 0 atom stereocenters. The summed E-state index contributed by atoms with van der Waals surface area (Å²) in [6.07, 6.45) is 0. The monoisotopic (exact) mass is 342 g/mol. The third-order valence-electron chi connectivity index (χ3n) is 2.84. The van der Waals surface area contributed by atoms with E-state index in [0.29, 0.717) is 0 Å². The van der Waals surface area contributed by atoms with Crippen molar-refractivity contribution < 1.29 is 0 Å². The average molecular weight is 343 g/mol. The normalized spacial score (nSPS) is 9.75. The number of nitrogens with zero attached hydrogens (tertiary/aromatic N) is 6. The van der Waals surface area contributed by atoms with Gasteiger partial charge in [0.2, 0.25) is 0 Å². The highest BCUT2D eigenvalue weighted by molar-refractivity contribution is 5.79. The van der Waals surface area contributed by atoms with Gasteiger partial charge in [-0.05, 0) is 41.5 Å². The molecule has 0 spiro atoms. The lowest BCUT2D eigenvalue weighted by Gasteiger charge is -2.08. The molecule has 0 aromatic carbocycles. The van der Waals surface area contributed by atoms with Crippen LogP contribution in [-0.4, -0.2) is 89.3 Å². The number of amidine groups is 2. The molecule has 0 aromatic heterocycles. The minimum absolute atomic E-state index is 1.06. The van der Waals surface area contributed by atoms with Gasteiger partial charge in [-0.2, -0.15) is 0 Å². The van der Waals surface area contributed by atoms with E-state index in [4.69, 9.17) is 0 Å². The van der Waals surface area contributed by atoms with Crippen molar-refractivity contribution in [3.63, 3.8) is 0 Å². The van der Waals surface area contributed by atoms with Crippen LogP contribution in [0.3, 0.4) is 0 Å². The second-order valence-electron chi connectivity index (χ2n) is 5.67. The molecule has 24 heavy (non-hydrogen) atoms. The van der Waals surface area contributed by atoms with Gasteiger partial charge >= 0.3 is 0 Å². The Morgan fingerprint density at radius 3 is 0.625 bits per heavy atom. The molecule has 0 fully saturated rings. The molecule has 6 heteroatoms. The molecule has 0 bridgehead atoms. The van der Waals surface area contributed by atoms with Crippen molar-refractivity contribution in [1.29, 1.82) is 0 Å². The van der Waals surface area contributed by atoms with E-state index in [1.165, 1.54) is 0 Å². The highest BCUT2D eigenvalue weighted by Crippen LogP contribution is 1.77. The summed E-state index contributed by atoms with van der Waals surface area (Å²) in [4.78, 5) is 19.4. The number of hydrogen-bond acceptors (Lipinski definition) is 4. The highest BCUT2D eigenvalue weighted by atomic mass is 15.1. The zero-order chi connectivity index (χ0) is 20.3. The van der Waals surface area contributed by atoms with E-state index in [1.807, 2.05) is 79.5 Å². The van der Waals surface area contributed by atoms with Gasteiger partial charge in [-0.25, -0.2) is 0 Å². The van der Waals surface area contributed by atoms with Gasteiger partial charge in [0.05, 0.1) is 11.7 Å². The second-order valence-corrected chi connectivity index (χ2v) is 5.67. The number of rotatable bonds is 0. The van der Waals surface area contributed by atoms with E-state index in [-0.39, 0.29) is 0 Å². The third kappa shape index (κ3) is 37.0. The van der Waals surface area contributed by atoms with Crippen molar-refractivity contribution in [2.75, 3.05) is 56.4 Å². The predicted molar refractivity (Wildman–Crippen MR) is 115 cm³/mol. The average Bonchev–Trinajstić information content (AvgIpc) is 2.54. The van der Waals surface area contributed by atoms with Crippen LogP contribution in [0.15, 0.2) is 20.0 Å². The van der Waals surface area contributed by atoms with Crippen molar-refractivity contribution in [1.82, 2.24) is 9.80 Å². The molecule has 6 nitrogen and oxygen atoms in total. The predicted octanol–water partition coefficient (Wildman–Crippen LogP) is 3.39. The molecule has 0 heterocycles. The quantitative estimate of drug-likeness (QED) is 0.500. The van der Waals surface area contributed by atoms with Gasteiger partial charge in [0, 0.05) is 67.8 Å². The highest BCUT2D eigenvalue weighted by Gasteiger charge is 1.85. The Labute approximate surface area is 151 Å². The van der Waals surface area contributed by atoms with Gasteiger partial charge in [0.1, 0.15) is 0 Å². The fourth-order valence-corrected chi connectivity index (χ4v) is 0.400. The maximum Gasteiger partial charge on any atom is 0.0948 e. The van der Waals surface area contributed by atoms with E-state index >= 15 is 0 Å². The van der Waals surface area contributed by atoms with Gasteiger partial charge < -0.3 is 9.80 Å². The molecule has 144 valence electrons. The van der Waals surface area contributed by atoms with E-state index in [0.717, 1.165) is 23.1 Å². The summed E-state index contributed by atoms with van der Waals surface area (Å²) in [5.41, 5.74) is 2.26. The maximum absolute atomic E-state index is 3.93. The molecule has 0 radical (unpaired) electrons. The zero-order valence-electron chi connectivity index (χ0n) is 18.7. The molecular weight excluding hydrogens is 300 g/mol. The summed E-state index contributed by atoms with van der Waals surface area (Å²) in [5.74, 6) is 2.11. The molecule has 0 saturated carbocycles. The van der Waals surface area contributed by atoms with Crippen LogP contribution in [0.5, 0.6) is 0 Å². The van der Waals surface area contributed by atoms with E-state index in [9.17, 15) is 0 Å². The van der Waals surface area contributed by atoms with Crippen molar-refractivity contribution in [3.05, 3.63) is 0 Å². The van der Waals surface area contributed by atoms with Crippen molar-refractivity contribution in [2.24, 2.45) is 20.0 Å². The molecule has 0 aromatic rings. The molecular formula is C18H42N6. The molecule has 0 aliphatic rings. The van der Waals surface area contributed by atoms with E-state index in [1.54, 1.807) is 28.2 Å². The van der Waals surface area contributed by atoms with Crippen molar-refractivity contribution in [3.8, 4) is 0 Å². The Kier molecular flexibility index (Phi) is 26.8. The van der Waals surface area contributed by atoms with E-state index < -0.39 is 0 Å². The number of hydrogen-bond donors (Lipinski definition) is 0. The smallest absolute Gasteiger partial charge is 0.0948 e. The standard InChI is InChI=1S/2C5H12N2.2C4H9N/c2*1-5(6-2)7(3)4;2*1-4(2)5-3/h2*1-4H3;2*1-3H3. The second kappa shape index (κ2) is 21.3. The van der Waals surface area contributed by atoms with Gasteiger partial charge in [-0.15, -0.1) is 0 Å². The fourth-order valence-electron chi connectivity index (χ4n) is 0.400. The largest absolute Gasteiger partial charge is 0.367 e. The topological polar surface area (TPSA) is 55.9 Å². The van der Waals surface area contributed by atoms with Crippen LogP contribution < -0.4 is 0 Å². The minimum atomic E-state index is 1.06. The van der Waals surface area contributed by atoms with Gasteiger partial charge in [0.15, 0.2) is 0 Å². The van der Waals surface area contributed by atoms with Crippen LogP contribution in [0.2, 0.25) is 0 Å². The summed E-state index contributed by atoms with van der Waals surface area (Å²) in [6, 6.07) is 0. The molecule has 0 aliphatic heterocycles. The lowest BCUT2D eigenvalue weighted by Crippen LogP contribution is -2.17. The Hall–Kier alpha value is -1.72. The first kappa shape index (κ1) is 30.2. The first-order valence-electron chi connectivity index (χ1n) is 7.92. The van der Waals surface area contributed by atoms with Crippen LogP contribution in [0.25, 0.3) is 0 Å². The minimum Gasteiger partial charge on any atom is -0.367 e. The number of aliphatic imine (C=N–C) groups is 4. The molecule has 0 amide bonds. The zero-order valence-corrected chi connectivity index (χ0v) is 18.7. The lowest BCUT2D eigenvalue weighted by atomic mass is 10.5. The first-order chi connectivity index (χ1) is 10.9. The van der Waals surface area contributed by atoms with Gasteiger partial charge in [-0.1, -0.05) is 0 Å². The summed E-state index contributed by atoms with van der Waals surface area (Å²) >= 11 is 0. The third-order valence-corrected chi connectivity index (χ3v) is 2.84. The van der Waals surface area contributed by atoms with E-state index in [2.05, 4.69) is 20.0 Å². The molecule has 0 unspecified atom stereocenters. The van der Waals surface area contributed by atoms with Crippen LogP contribution >= 0.6 is 0 Å². The molecule has 0 aliphatic carbocycles. The van der Waals surface area contributed by atoms with Crippen LogP contribution in [-0.2, 0) is 0 Å².